The molecule has 4 aromatic carbocycles. The van der Waals surface area contributed by atoms with Crippen LogP contribution in [0.3, 0.4) is 0 Å². The van der Waals surface area contributed by atoms with Gasteiger partial charge in [0.2, 0.25) is 0 Å². The number of pyridine rings is 1. The second-order valence-corrected chi connectivity index (χ2v) is 9.00. The lowest BCUT2D eigenvalue weighted by Crippen LogP contribution is -2.10. The summed E-state index contributed by atoms with van der Waals surface area (Å²) in [6, 6.07) is 40.7. The molecule has 0 N–H and O–H groups in total. The second kappa shape index (κ2) is 11.4. The van der Waals surface area contributed by atoms with Gasteiger partial charge in [-0.3, -0.25) is 4.98 Å². The zero-order valence-electron chi connectivity index (χ0n) is 20.9. The van der Waals surface area contributed by atoms with E-state index in [-0.39, 0.29) is 0 Å². The van der Waals surface area contributed by atoms with E-state index in [2.05, 4.69) is 120 Å². The first-order valence-corrected chi connectivity index (χ1v) is 12.6. The lowest BCUT2D eigenvalue weighted by molar-refractivity contribution is 1.23. The lowest BCUT2D eigenvalue weighted by Gasteiger charge is -2.26. The van der Waals surface area contributed by atoms with Gasteiger partial charge in [-0.1, -0.05) is 72.8 Å². The molecule has 2 heteroatoms. The number of rotatable bonds is 9. The first-order valence-electron chi connectivity index (χ1n) is 12.6. The van der Waals surface area contributed by atoms with Crippen LogP contribution < -0.4 is 4.90 Å². The highest BCUT2D eigenvalue weighted by Crippen LogP contribution is 2.36. The predicted molar refractivity (Wildman–Crippen MR) is 158 cm³/mol. The van der Waals surface area contributed by atoms with Crippen molar-refractivity contribution in [3.63, 3.8) is 0 Å². The molecule has 0 radical (unpaired) electrons. The van der Waals surface area contributed by atoms with E-state index in [1.165, 1.54) is 22.3 Å². The van der Waals surface area contributed by atoms with Crippen molar-refractivity contribution in [2.45, 2.75) is 12.8 Å². The molecule has 0 aliphatic carbocycles. The van der Waals surface area contributed by atoms with Gasteiger partial charge in [-0.05, 0) is 89.7 Å². The topological polar surface area (TPSA) is 16.1 Å². The van der Waals surface area contributed by atoms with E-state index in [0.717, 1.165) is 41.2 Å². The Balaban J connectivity index is 1.49. The summed E-state index contributed by atoms with van der Waals surface area (Å²) in [5, 5.41) is 0. The molecule has 0 unspecified atom stereocenters. The molecular weight excluding hydrogens is 448 g/mol. The minimum atomic E-state index is 0.864. The maximum atomic E-state index is 4.51. The van der Waals surface area contributed by atoms with Crippen molar-refractivity contribution in [1.29, 1.82) is 0 Å². The molecule has 0 spiro atoms. The summed E-state index contributed by atoms with van der Waals surface area (Å²) in [6.07, 6.45) is 7.43. The van der Waals surface area contributed by atoms with Crippen LogP contribution in [-0.2, 0) is 12.8 Å². The SMILES string of the molecule is C=CCc1ccc(N(c2ccc(CC=C)cc2)c2ccc(-c3cccc(-c4ccccn4)c3)cc2)cc1. The lowest BCUT2D eigenvalue weighted by atomic mass is 10.0. The summed E-state index contributed by atoms with van der Waals surface area (Å²) >= 11 is 0. The minimum Gasteiger partial charge on any atom is -0.311 e. The number of allylic oxidation sites excluding steroid dienone is 2. The summed E-state index contributed by atoms with van der Waals surface area (Å²) in [6.45, 7) is 7.73. The van der Waals surface area contributed by atoms with Gasteiger partial charge in [-0.25, -0.2) is 0 Å². The fourth-order valence-electron chi connectivity index (χ4n) is 4.54. The molecular formula is C35H30N2. The van der Waals surface area contributed by atoms with Gasteiger partial charge in [-0.15, -0.1) is 13.2 Å². The number of anilines is 3. The third-order valence-corrected chi connectivity index (χ3v) is 6.43. The molecule has 0 saturated heterocycles. The van der Waals surface area contributed by atoms with Gasteiger partial charge in [0.25, 0.3) is 0 Å². The first-order chi connectivity index (χ1) is 18.2. The Morgan fingerprint density at radius 3 is 1.59 bits per heavy atom. The van der Waals surface area contributed by atoms with Crippen LogP contribution in [0.1, 0.15) is 11.1 Å². The minimum absolute atomic E-state index is 0.864. The fraction of sp³-hybridized carbons (Fsp3) is 0.0571. The Kier molecular flexibility index (Phi) is 7.38. The molecule has 1 aromatic heterocycles. The van der Waals surface area contributed by atoms with Crippen molar-refractivity contribution in [1.82, 2.24) is 4.98 Å². The molecule has 0 fully saturated rings. The zero-order valence-corrected chi connectivity index (χ0v) is 20.9. The second-order valence-electron chi connectivity index (χ2n) is 9.00. The van der Waals surface area contributed by atoms with E-state index in [9.17, 15) is 0 Å². The van der Waals surface area contributed by atoms with Crippen molar-refractivity contribution < 1.29 is 0 Å². The molecule has 0 atom stereocenters. The van der Waals surface area contributed by atoms with Gasteiger partial charge in [0.15, 0.2) is 0 Å². The van der Waals surface area contributed by atoms with Gasteiger partial charge < -0.3 is 4.90 Å². The molecule has 5 aromatic rings. The average Bonchev–Trinajstić information content (AvgIpc) is 2.96. The Hall–Kier alpha value is -4.69. The number of nitrogens with zero attached hydrogens (tertiary/aromatic N) is 2. The summed E-state index contributed by atoms with van der Waals surface area (Å²) in [4.78, 5) is 6.80. The third kappa shape index (κ3) is 5.60. The van der Waals surface area contributed by atoms with Crippen LogP contribution in [0, 0.1) is 0 Å². The van der Waals surface area contributed by atoms with Crippen LogP contribution in [0.5, 0.6) is 0 Å². The highest BCUT2D eigenvalue weighted by atomic mass is 15.1. The van der Waals surface area contributed by atoms with E-state index in [1.54, 1.807) is 0 Å². The Morgan fingerprint density at radius 1 is 0.541 bits per heavy atom. The van der Waals surface area contributed by atoms with Crippen LogP contribution in [0.2, 0.25) is 0 Å². The van der Waals surface area contributed by atoms with E-state index < -0.39 is 0 Å². The van der Waals surface area contributed by atoms with E-state index >= 15 is 0 Å². The van der Waals surface area contributed by atoms with Crippen LogP contribution in [-0.4, -0.2) is 4.98 Å². The monoisotopic (exact) mass is 478 g/mol. The van der Waals surface area contributed by atoms with Crippen LogP contribution in [0.25, 0.3) is 22.4 Å². The normalized spacial score (nSPS) is 10.6. The van der Waals surface area contributed by atoms with Gasteiger partial charge in [0.1, 0.15) is 0 Å². The molecule has 0 aliphatic rings. The summed E-state index contributed by atoms with van der Waals surface area (Å²) in [7, 11) is 0. The molecule has 2 nitrogen and oxygen atoms in total. The standard InChI is InChI=1S/C35H30N2/c1-3-8-27-13-19-32(20-14-27)37(33-21-15-28(9-4-2)16-22-33)34-23-17-29(18-24-34)30-10-7-11-31(26-30)35-12-5-6-25-36-35/h3-7,10-26H,1-2,8-9H2. The van der Waals surface area contributed by atoms with Crippen LogP contribution in [0.4, 0.5) is 17.1 Å². The van der Waals surface area contributed by atoms with Crippen molar-refractivity contribution in [3.8, 4) is 22.4 Å². The smallest absolute Gasteiger partial charge is 0.0702 e. The quantitative estimate of drug-likeness (QED) is 0.196. The molecule has 37 heavy (non-hydrogen) atoms. The van der Waals surface area contributed by atoms with Gasteiger partial charge in [0, 0.05) is 28.8 Å². The Bertz CT molecular complexity index is 1410. The summed E-state index contributed by atoms with van der Waals surface area (Å²) < 4.78 is 0. The summed E-state index contributed by atoms with van der Waals surface area (Å²) in [5.41, 5.74) is 10.3. The Morgan fingerprint density at radius 2 is 1.08 bits per heavy atom. The largest absolute Gasteiger partial charge is 0.311 e. The first kappa shape index (κ1) is 24.0. The highest BCUT2D eigenvalue weighted by Gasteiger charge is 2.13. The number of hydrogen-bond acceptors (Lipinski definition) is 2. The number of hydrogen-bond donors (Lipinski definition) is 0. The van der Waals surface area contributed by atoms with E-state index in [4.69, 9.17) is 0 Å². The summed E-state index contributed by atoms with van der Waals surface area (Å²) in [5.74, 6) is 0. The fourth-order valence-corrected chi connectivity index (χ4v) is 4.54. The predicted octanol–water partition coefficient (Wildman–Crippen LogP) is 9.34. The van der Waals surface area contributed by atoms with Crippen molar-refractivity contribution in [2.24, 2.45) is 0 Å². The van der Waals surface area contributed by atoms with E-state index in [1.807, 2.05) is 36.5 Å². The van der Waals surface area contributed by atoms with Gasteiger partial charge >= 0.3 is 0 Å². The highest BCUT2D eigenvalue weighted by molar-refractivity contribution is 5.79. The van der Waals surface area contributed by atoms with Crippen molar-refractivity contribution in [3.05, 3.63) is 158 Å². The van der Waals surface area contributed by atoms with E-state index in [0.29, 0.717) is 0 Å². The van der Waals surface area contributed by atoms with Gasteiger partial charge in [-0.2, -0.15) is 0 Å². The van der Waals surface area contributed by atoms with Crippen molar-refractivity contribution in [2.75, 3.05) is 4.90 Å². The van der Waals surface area contributed by atoms with Crippen LogP contribution in [0.15, 0.2) is 147 Å². The van der Waals surface area contributed by atoms with Crippen LogP contribution >= 0.6 is 0 Å². The molecule has 5 rings (SSSR count). The maximum absolute atomic E-state index is 4.51. The zero-order chi connectivity index (χ0) is 25.5. The van der Waals surface area contributed by atoms with Crippen molar-refractivity contribution >= 4 is 17.1 Å². The molecule has 180 valence electrons. The molecule has 0 saturated carbocycles. The third-order valence-electron chi connectivity index (χ3n) is 6.43. The number of benzene rings is 4. The maximum Gasteiger partial charge on any atom is 0.0702 e. The number of aromatic nitrogens is 1. The molecule has 0 bridgehead atoms. The molecule has 0 aliphatic heterocycles. The molecule has 1 heterocycles. The molecule has 0 amide bonds. The van der Waals surface area contributed by atoms with Gasteiger partial charge in [0.05, 0.1) is 5.69 Å². The Labute approximate surface area is 219 Å². The average molecular weight is 479 g/mol.